The zero-order valence-electron chi connectivity index (χ0n) is 10.9. The average Bonchev–Trinajstić information content (AvgIpc) is 2.53. The molecule has 1 amide bonds. The largest absolute Gasteiger partial charge is 0.393 e. The van der Waals surface area contributed by atoms with Gasteiger partial charge in [-0.15, -0.1) is 11.3 Å². The number of amides is 1. The second-order valence-corrected chi connectivity index (χ2v) is 6.19. The van der Waals surface area contributed by atoms with E-state index < -0.39 is 0 Å². The van der Waals surface area contributed by atoms with Crippen LogP contribution in [0.1, 0.15) is 40.4 Å². The van der Waals surface area contributed by atoms with Crippen molar-refractivity contribution in [2.24, 2.45) is 5.92 Å². The van der Waals surface area contributed by atoms with Crippen molar-refractivity contribution in [1.29, 1.82) is 0 Å². The van der Waals surface area contributed by atoms with Gasteiger partial charge in [0.25, 0.3) is 5.91 Å². The predicted octanol–water partition coefficient (Wildman–Crippen LogP) is 2.50. The minimum absolute atomic E-state index is 0.00991. The van der Waals surface area contributed by atoms with Crippen LogP contribution in [0.25, 0.3) is 0 Å². The highest BCUT2D eigenvalue weighted by Gasteiger charge is 2.13. The molecule has 2 unspecified atom stereocenters. The number of thiophene rings is 1. The maximum Gasteiger partial charge on any atom is 0.252 e. The molecule has 0 radical (unpaired) electrons. The first-order chi connectivity index (χ1) is 7.90. The van der Waals surface area contributed by atoms with Gasteiger partial charge in [-0.05, 0) is 39.2 Å². The Bertz CT molecular complexity index is 385. The van der Waals surface area contributed by atoms with Gasteiger partial charge in [0, 0.05) is 16.3 Å². The van der Waals surface area contributed by atoms with Crippen molar-refractivity contribution in [3.8, 4) is 0 Å². The third-order valence-corrected chi connectivity index (χ3v) is 3.61. The van der Waals surface area contributed by atoms with Crippen molar-refractivity contribution < 1.29 is 9.90 Å². The van der Waals surface area contributed by atoms with Crippen molar-refractivity contribution in [1.82, 2.24) is 5.32 Å². The van der Waals surface area contributed by atoms with Crippen molar-refractivity contribution >= 4 is 17.2 Å². The van der Waals surface area contributed by atoms with Crippen molar-refractivity contribution in [3.63, 3.8) is 0 Å². The molecule has 4 heteroatoms. The number of aliphatic hydroxyl groups excluding tert-OH is 1. The molecule has 2 atom stereocenters. The Morgan fingerprint density at radius 3 is 2.59 bits per heavy atom. The van der Waals surface area contributed by atoms with Crippen LogP contribution in [-0.4, -0.2) is 23.7 Å². The van der Waals surface area contributed by atoms with Gasteiger partial charge in [-0.25, -0.2) is 0 Å². The molecule has 0 saturated carbocycles. The van der Waals surface area contributed by atoms with E-state index in [9.17, 15) is 9.90 Å². The monoisotopic (exact) mass is 255 g/mol. The Labute approximate surface area is 107 Å². The Morgan fingerprint density at radius 1 is 1.47 bits per heavy atom. The second-order valence-electron chi connectivity index (χ2n) is 4.73. The van der Waals surface area contributed by atoms with Crippen molar-refractivity contribution in [3.05, 3.63) is 21.4 Å². The fraction of sp³-hybridized carbons (Fsp3) is 0.615. The smallest absolute Gasteiger partial charge is 0.252 e. The number of hydrogen-bond acceptors (Lipinski definition) is 3. The highest BCUT2D eigenvalue weighted by atomic mass is 32.1. The number of rotatable bonds is 5. The topological polar surface area (TPSA) is 49.3 Å². The van der Waals surface area contributed by atoms with Crippen LogP contribution in [0, 0.1) is 19.8 Å². The fourth-order valence-corrected chi connectivity index (χ4v) is 2.81. The van der Waals surface area contributed by atoms with Gasteiger partial charge >= 0.3 is 0 Å². The van der Waals surface area contributed by atoms with Crippen LogP contribution in [0.4, 0.5) is 0 Å². The number of aliphatic hydroxyl groups is 1. The molecule has 96 valence electrons. The van der Waals surface area contributed by atoms with Crippen LogP contribution < -0.4 is 5.32 Å². The molecule has 0 aliphatic carbocycles. The van der Waals surface area contributed by atoms with E-state index >= 15 is 0 Å². The minimum atomic E-state index is -0.313. The molecular weight excluding hydrogens is 234 g/mol. The van der Waals surface area contributed by atoms with Crippen molar-refractivity contribution in [2.75, 3.05) is 6.54 Å². The quantitative estimate of drug-likeness (QED) is 0.849. The van der Waals surface area contributed by atoms with Gasteiger partial charge in [0.05, 0.1) is 11.7 Å². The number of carbonyl (C=O) groups is 1. The summed E-state index contributed by atoms with van der Waals surface area (Å²) in [4.78, 5) is 14.1. The van der Waals surface area contributed by atoms with E-state index in [0.29, 0.717) is 18.9 Å². The molecule has 17 heavy (non-hydrogen) atoms. The zero-order valence-corrected chi connectivity index (χ0v) is 11.7. The van der Waals surface area contributed by atoms with E-state index in [1.807, 2.05) is 26.8 Å². The molecule has 1 aromatic rings. The first-order valence-corrected chi connectivity index (χ1v) is 6.75. The van der Waals surface area contributed by atoms with Gasteiger partial charge in [0.15, 0.2) is 0 Å². The van der Waals surface area contributed by atoms with Crippen LogP contribution >= 0.6 is 11.3 Å². The minimum Gasteiger partial charge on any atom is -0.393 e. The summed E-state index contributed by atoms with van der Waals surface area (Å²) in [6, 6.07) is 1.93. The van der Waals surface area contributed by atoms with E-state index in [-0.39, 0.29) is 12.0 Å². The van der Waals surface area contributed by atoms with E-state index in [4.69, 9.17) is 0 Å². The van der Waals surface area contributed by atoms with Crippen LogP contribution in [0.15, 0.2) is 6.07 Å². The Morgan fingerprint density at radius 2 is 2.12 bits per heavy atom. The molecular formula is C13H21NO2S. The number of nitrogens with one attached hydrogen (secondary N) is 1. The number of hydrogen-bond donors (Lipinski definition) is 2. The molecule has 3 nitrogen and oxygen atoms in total. The summed E-state index contributed by atoms with van der Waals surface area (Å²) in [6.07, 6.45) is 0.397. The van der Waals surface area contributed by atoms with E-state index in [1.165, 1.54) is 0 Å². The molecule has 0 fully saturated rings. The highest BCUT2D eigenvalue weighted by molar-refractivity contribution is 7.12. The van der Waals surface area contributed by atoms with Crippen LogP contribution in [-0.2, 0) is 0 Å². The van der Waals surface area contributed by atoms with Gasteiger partial charge < -0.3 is 10.4 Å². The van der Waals surface area contributed by atoms with Gasteiger partial charge in [0.1, 0.15) is 0 Å². The van der Waals surface area contributed by atoms with E-state index in [1.54, 1.807) is 18.3 Å². The Hall–Kier alpha value is -0.870. The SMILES string of the molecule is Cc1cc(C(=O)NCC(C)CC(C)O)c(C)s1. The average molecular weight is 255 g/mol. The second kappa shape index (κ2) is 6.17. The molecule has 0 aliphatic heterocycles. The molecule has 0 aromatic carbocycles. The van der Waals surface area contributed by atoms with Gasteiger partial charge in [-0.3, -0.25) is 4.79 Å². The third kappa shape index (κ3) is 4.48. The number of aryl methyl sites for hydroxylation is 2. The Balaban J connectivity index is 2.47. The lowest BCUT2D eigenvalue weighted by Gasteiger charge is -2.14. The maximum atomic E-state index is 11.9. The summed E-state index contributed by atoms with van der Waals surface area (Å²) >= 11 is 1.64. The van der Waals surface area contributed by atoms with Crippen molar-refractivity contribution in [2.45, 2.75) is 40.2 Å². The molecule has 0 spiro atoms. The van der Waals surface area contributed by atoms with Crippen LogP contribution in [0.3, 0.4) is 0 Å². The lowest BCUT2D eigenvalue weighted by Crippen LogP contribution is -2.29. The molecule has 1 rings (SSSR count). The first kappa shape index (κ1) is 14.2. The summed E-state index contributed by atoms with van der Waals surface area (Å²) in [5, 5.41) is 12.2. The predicted molar refractivity (Wildman–Crippen MR) is 71.6 cm³/mol. The molecule has 0 aliphatic rings. The Kier molecular flexibility index (Phi) is 5.15. The highest BCUT2D eigenvalue weighted by Crippen LogP contribution is 2.20. The van der Waals surface area contributed by atoms with Gasteiger partial charge in [-0.1, -0.05) is 6.92 Å². The van der Waals surface area contributed by atoms with Gasteiger partial charge in [-0.2, -0.15) is 0 Å². The third-order valence-electron chi connectivity index (χ3n) is 2.64. The molecule has 2 N–H and O–H groups in total. The summed E-state index contributed by atoms with van der Waals surface area (Å²) in [7, 11) is 0. The fourth-order valence-electron chi connectivity index (χ4n) is 1.88. The first-order valence-electron chi connectivity index (χ1n) is 5.93. The molecule has 0 saturated heterocycles. The molecule has 1 heterocycles. The van der Waals surface area contributed by atoms with E-state index in [0.717, 1.165) is 15.3 Å². The normalized spacial score (nSPS) is 14.4. The lowest BCUT2D eigenvalue weighted by atomic mass is 10.0. The maximum absolute atomic E-state index is 11.9. The summed E-state index contributed by atoms with van der Waals surface area (Å²) in [5.41, 5.74) is 0.775. The standard InChI is InChI=1S/C13H21NO2S/c1-8(5-9(2)15)7-14-13(16)12-6-10(3)17-11(12)4/h6,8-9,15H,5,7H2,1-4H3,(H,14,16). The summed E-state index contributed by atoms with van der Waals surface area (Å²) in [5.74, 6) is 0.281. The summed E-state index contributed by atoms with van der Waals surface area (Å²) in [6.45, 7) is 8.37. The molecule has 1 aromatic heterocycles. The summed E-state index contributed by atoms with van der Waals surface area (Å²) < 4.78 is 0. The van der Waals surface area contributed by atoms with Gasteiger partial charge in [0.2, 0.25) is 0 Å². The molecule has 0 bridgehead atoms. The van der Waals surface area contributed by atoms with E-state index in [2.05, 4.69) is 5.32 Å². The van der Waals surface area contributed by atoms with Crippen LogP contribution in [0.5, 0.6) is 0 Å². The lowest BCUT2D eigenvalue weighted by molar-refractivity contribution is 0.0939. The van der Waals surface area contributed by atoms with Crippen LogP contribution in [0.2, 0.25) is 0 Å². The zero-order chi connectivity index (χ0) is 13.0. The number of carbonyl (C=O) groups excluding carboxylic acids is 1.